The smallest absolute Gasteiger partial charge is 0.209 e. The van der Waals surface area contributed by atoms with Gasteiger partial charge in [0.1, 0.15) is 11.8 Å². The van der Waals surface area contributed by atoms with Gasteiger partial charge in [0.15, 0.2) is 5.58 Å². The first-order chi connectivity index (χ1) is 9.88. The molecule has 0 amide bonds. The second-order valence-corrected chi connectivity index (χ2v) is 5.03. The van der Waals surface area contributed by atoms with E-state index in [2.05, 4.69) is 19.9 Å². The molecule has 1 aliphatic heterocycles. The van der Waals surface area contributed by atoms with Crippen LogP contribution < -0.4 is 0 Å². The Bertz CT molecular complexity index is 719. The van der Waals surface area contributed by atoms with E-state index >= 15 is 0 Å². The molecule has 0 saturated heterocycles. The molecule has 0 aliphatic carbocycles. The minimum absolute atomic E-state index is 0.720. The third kappa shape index (κ3) is 2.06. The topological polar surface area (TPSA) is 55.1 Å². The van der Waals surface area contributed by atoms with Crippen molar-refractivity contribution in [1.82, 2.24) is 19.9 Å². The Morgan fingerprint density at radius 1 is 1.25 bits per heavy atom. The van der Waals surface area contributed by atoms with Crippen molar-refractivity contribution >= 4 is 11.1 Å². The van der Waals surface area contributed by atoms with Crippen molar-refractivity contribution in [3.63, 3.8) is 0 Å². The number of hydrogen-bond acceptors (Lipinski definition) is 5. The lowest BCUT2D eigenvalue weighted by Gasteiger charge is -2.26. The van der Waals surface area contributed by atoms with E-state index in [1.165, 1.54) is 5.56 Å². The third-order valence-electron chi connectivity index (χ3n) is 3.65. The van der Waals surface area contributed by atoms with E-state index in [0.29, 0.717) is 0 Å². The highest BCUT2D eigenvalue weighted by Gasteiger charge is 2.19. The number of fused-ring (bicyclic) bond motifs is 2. The normalized spacial score (nSPS) is 15.4. The highest BCUT2D eigenvalue weighted by molar-refractivity contribution is 5.72. The lowest BCUT2D eigenvalue weighted by molar-refractivity contribution is 0.219. The molecule has 5 nitrogen and oxygen atoms in total. The second-order valence-electron chi connectivity index (χ2n) is 5.03. The first kappa shape index (κ1) is 11.5. The van der Waals surface area contributed by atoms with E-state index in [0.717, 1.165) is 48.7 Å². The Hall–Kier alpha value is -2.27. The van der Waals surface area contributed by atoms with Gasteiger partial charge in [-0.25, -0.2) is 15.0 Å². The Balaban J connectivity index is 1.55. The molecule has 1 aromatic carbocycles. The van der Waals surface area contributed by atoms with Crippen molar-refractivity contribution in [3.05, 3.63) is 53.9 Å². The zero-order chi connectivity index (χ0) is 13.4. The molecule has 0 N–H and O–H groups in total. The van der Waals surface area contributed by atoms with Crippen molar-refractivity contribution in [2.45, 2.75) is 19.5 Å². The van der Waals surface area contributed by atoms with E-state index < -0.39 is 0 Å². The van der Waals surface area contributed by atoms with Crippen LogP contribution in [0.15, 0.2) is 41.2 Å². The molecule has 1 aliphatic rings. The zero-order valence-electron chi connectivity index (χ0n) is 11.0. The fraction of sp³-hybridized carbons (Fsp3) is 0.267. The number of rotatable bonds is 2. The highest BCUT2D eigenvalue weighted by atomic mass is 16.3. The Morgan fingerprint density at radius 2 is 2.20 bits per heavy atom. The van der Waals surface area contributed by atoms with Gasteiger partial charge in [-0.2, -0.15) is 0 Å². The molecule has 2 aromatic heterocycles. The van der Waals surface area contributed by atoms with Crippen molar-refractivity contribution in [2.24, 2.45) is 0 Å². The summed E-state index contributed by atoms with van der Waals surface area (Å²) in [5.74, 6) is 0.767. The van der Waals surface area contributed by atoms with Crippen LogP contribution in [0.25, 0.3) is 11.1 Å². The summed E-state index contributed by atoms with van der Waals surface area (Å²) in [7, 11) is 0. The van der Waals surface area contributed by atoms with Crippen LogP contribution in [0, 0.1) is 0 Å². The Morgan fingerprint density at radius 3 is 3.15 bits per heavy atom. The monoisotopic (exact) mass is 266 g/mol. The summed E-state index contributed by atoms with van der Waals surface area (Å²) in [5, 5.41) is 0. The summed E-state index contributed by atoms with van der Waals surface area (Å²) in [6.07, 6.45) is 4.51. The zero-order valence-corrected chi connectivity index (χ0v) is 11.0. The quantitative estimate of drug-likeness (QED) is 0.711. The van der Waals surface area contributed by atoms with E-state index in [-0.39, 0.29) is 0 Å². The maximum Gasteiger partial charge on any atom is 0.209 e. The molecular formula is C15H14N4O. The van der Waals surface area contributed by atoms with Gasteiger partial charge in [-0.1, -0.05) is 12.1 Å². The van der Waals surface area contributed by atoms with Gasteiger partial charge >= 0.3 is 0 Å². The predicted molar refractivity (Wildman–Crippen MR) is 73.9 cm³/mol. The summed E-state index contributed by atoms with van der Waals surface area (Å²) < 4.78 is 5.77. The molecule has 0 atom stereocenters. The van der Waals surface area contributed by atoms with Crippen LogP contribution in [-0.2, 0) is 19.5 Å². The molecular weight excluding hydrogens is 252 g/mol. The molecule has 0 saturated carbocycles. The molecule has 0 fully saturated rings. The van der Waals surface area contributed by atoms with Gasteiger partial charge in [-0.15, -0.1) is 0 Å². The Labute approximate surface area is 116 Å². The van der Waals surface area contributed by atoms with Crippen LogP contribution in [0.3, 0.4) is 0 Å². The number of benzene rings is 1. The third-order valence-corrected chi connectivity index (χ3v) is 3.65. The Kier molecular flexibility index (Phi) is 2.70. The highest BCUT2D eigenvalue weighted by Crippen LogP contribution is 2.20. The fourth-order valence-electron chi connectivity index (χ4n) is 2.62. The van der Waals surface area contributed by atoms with Gasteiger partial charge in [0.05, 0.1) is 12.2 Å². The SMILES string of the molecule is c1ccc2oc(CN3CCc4cncnc4C3)nc2c1. The van der Waals surface area contributed by atoms with Crippen LogP contribution in [0.4, 0.5) is 0 Å². The second kappa shape index (κ2) is 4.68. The van der Waals surface area contributed by atoms with Crippen molar-refractivity contribution in [1.29, 1.82) is 0 Å². The number of aromatic nitrogens is 3. The number of oxazole rings is 1. The van der Waals surface area contributed by atoms with Crippen LogP contribution >= 0.6 is 0 Å². The molecule has 20 heavy (non-hydrogen) atoms. The molecule has 0 bridgehead atoms. The lowest BCUT2D eigenvalue weighted by atomic mass is 10.1. The molecule has 4 rings (SSSR count). The van der Waals surface area contributed by atoms with Crippen LogP contribution in [0.1, 0.15) is 17.1 Å². The number of hydrogen-bond donors (Lipinski definition) is 0. The largest absolute Gasteiger partial charge is 0.439 e. The molecule has 0 unspecified atom stereocenters. The summed E-state index contributed by atoms with van der Waals surface area (Å²) in [5.41, 5.74) is 4.13. The molecule has 100 valence electrons. The molecule has 3 heterocycles. The minimum Gasteiger partial charge on any atom is -0.439 e. The average molecular weight is 266 g/mol. The fourth-order valence-corrected chi connectivity index (χ4v) is 2.62. The van der Waals surface area contributed by atoms with E-state index in [9.17, 15) is 0 Å². The summed E-state index contributed by atoms with van der Waals surface area (Å²) >= 11 is 0. The van der Waals surface area contributed by atoms with Gasteiger partial charge in [-0.05, 0) is 24.1 Å². The van der Waals surface area contributed by atoms with E-state index in [1.807, 2.05) is 30.5 Å². The summed E-state index contributed by atoms with van der Waals surface area (Å²) in [4.78, 5) is 15.3. The van der Waals surface area contributed by atoms with Gasteiger partial charge in [0.2, 0.25) is 5.89 Å². The van der Waals surface area contributed by atoms with E-state index in [4.69, 9.17) is 4.42 Å². The van der Waals surface area contributed by atoms with Gasteiger partial charge in [-0.3, -0.25) is 4.90 Å². The van der Waals surface area contributed by atoms with Crippen molar-refractivity contribution in [3.8, 4) is 0 Å². The first-order valence-corrected chi connectivity index (χ1v) is 6.73. The van der Waals surface area contributed by atoms with Crippen molar-refractivity contribution in [2.75, 3.05) is 6.54 Å². The number of para-hydroxylation sites is 2. The summed E-state index contributed by atoms with van der Waals surface area (Å²) in [6.45, 7) is 2.54. The van der Waals surface area contributed by atoms with E-state index in [1.54, 1.807) is 6.33 Å². The molecule has 3 aromatic rings. The molecule has 5 heteroatoms. The average Bonchev–Trinajstić information content (AvgIpc) is 2.89. The minimum atomic E-state index is 0.720. The van der Waals surface area contributed by atoms with Crippen molar-refractivity contribution < 1.29 is 4.42 Å². The standard InChI is InChI=1S/C15H14N4O/c1-2-4-14-12(3-1)18-15(20-14)9-19-6-5-11-7-16-10-17-13(11)8-19/h1-4,7,10H,5-6,8-9H2. The van der Waals surface area contributed by atoms with Crippen LogP contribution in [-0.4, -0.2) is 26.4 Å². The predicted octanol–water partition coefficient (Wildman–Crippen LogP) is 2.18. The van der Waals surface area contributed by atoms with Gasteiger partial charge < -0.3 is 4.42 Å². The maximum absolute atomic E-state index is 5.77. The maximum atomic E-state index is 5.77. The summed E-state index contributed by atoms with van der Waals surface area (Å²) in [6, 6.07) is 7.86. The van der Waals surface area contributed by atoms with Crippen LogP contribution in [0.2, 0.25) is 0 Å². The molecule has 0 spiro atoms. The van der Waals surface area contributed by atoms with Gasteiger partial charge in [0, 0.05) is 19.3 Å². The van der Waals surface area contributed by atoms with Gasteiger partial charge in [0.25, 0.3) is 0 Å². The molecule has 0 radical (unpaired) electrons. The number of nitrogens with zero attached hydrogens (tertiary/aromatic N) is 4. The first-order valence-electron chi connectivity index (χ1n) is 6.73. The van der Waals surface area contributed by atoms with Crippen LogP contribution in [0.5, 0.6) is 0 Å². The lowest BCUT2D eigenvalue weighted by Crippen LogP contribution is -2.30.